The van der Waals surface area contributed by atoms with Crippen LogP contribution in [0.1, 0.15) is 6.92 Å². The summed E-state index contributed by atoms with van der Waals surface area (Å²) in [5.74, 6) is -1.10. The fraction of sp³-hybridized carbons (Fsp3) is 0.667. The quantitative estimate of drug-likeness (QED) is 0.426. The molecule has 0 radical (unpaired) electrons. The summed E-state index contributed by atoms with van der Waals surface area (Å²) in [5.41, 5.74) is 0. The summed E-state index contributed by atoms with van der Waals surface area (Å²) in [5, 5.41) is 4.40. The molecule has 0 aliphatic heterocycles. The second kappa shape index (κ2) is 5.82. The summed E-state index contributed by atoms with van der Waals surface area (Å²) in [6.07, 6.45) is 0. The van der Waals surface area contributed by atoms with Crippen LogP contribution in [-0.2, 0) is 18.7 Å². The van der Waals surface area contributed by atoms with Crippen LogP contribution in [0.15, 0.2) is 0 Å². The molecule has 9 heteroatoms. The van der Waals surface area contributed by atoms with Crippen LogP contribution < -0.4 is 10.6 Å². The highest BCUT2D eigenvalue weighted by Gasteiger charge is 2.23. The van der Waals surface area contributed by atoms with Gasteiger partial charge in [0, 0.05) is 14.0 Å². The maximum Gasteiger partial charge on any atom is 0.469 e. The van der Waals surface area contributed by atoms with E-state index < -0.39 is 32.3 Å². The Morgan fingerprint density at radius 1 is 1.47 bits per heavy atom. The van der Waals surface area contributed by atoms with E-state index in [0.717, 1.165) is 0 Å². The average molecular weight is 240 g/mol. The molecule has 2 amide bonds. The van der Waals surface area contributed by atoms with Crippen molar-refractivity contribution in [1.82, 2.24) is 10.6 Å². The molecule has 0 bridgehead atoms. The Hall–Kier alpha value is -0.950. The third-order valence-corrected chi connectivity index (χ3v) is 1.84. The van der Waals surface area contributed by atoms with Gasteiger partial charge < -0.3 is 20.4 Å². The van der Waals surface area contributed by atoms with Gasteiger partial charge in [-0.3, -0.25) is 14.1 Å². The van der Waals surface area contributed by atoms with E-state index in [1.807, 2.05) is 0 Å². The minimum atomic E-state index is -4.64. The standard InChI is InChI=1S/C6H13N2O6P/c1-4(9)8-5(6(10)7-2)3-14-15(11,12)13/h5H,3H2,1-2H3,(H,7,10)(H,8,9)(H2,11,12,13)/t5-/m0/s1. The molecule has 15 heavy (non-hydrogen) atoms. The zero-order chi connectivity index (χ0) is 12.1. The smallest absolute Gasteiger partial charge is 0.357 e. The third-order valence-electron chi connectivity index (χ3n) is 1.35. The number of hydrogen-bond donors (Lipinski definition) is 4. The molecule has 0 fully saturated rings. The van der Waals surface area contributed by atoms with Crippen LogP contribution in [0.5, 0.6) is 0 Å². The van der Waals surface area contributed by atoms with Crippen molar-refractivity contribution in [1.29, 1.82) is 0 Å². The lowest BCUT2D eigenvalue weighted by Crippen LogP contribution is -2.47. The number of carbonyl (C=O) groups excluding carboxylic acids is 2. The SMILES string of the molecule is CNC(=O)[C@H](COP(=O)(O)O)NC(C)=O. The molecule has 1 atom stereocenters. The van der Waals surface area contributed by atoms with Crippen LogP contribution in [0.3, 0.4) is 0 Å². The summed E-state index contributed by atoms with van der Waals surface area (Å²) in [7, 11) is -3.32. The molecule has 0 saturated heterocycles. The van der Waals surface area contributed by atoms with Crippen LogP contribution in [0.2, 0.25) is 0 Å². The number of phosphoric acid groups is 1. The van der Waals surface area contributed by atoms with Crippen LogP contribution in [0, 0.1) is 0 Å². The number of likely N-dealkylation sites (N-methyl/N-ethyl adjacent to an activating group) is 1. The fourth-order valence-electron chi connectivity index (χ4n) is 0.774. The van der Waals surface area contributed by atoms with Crippen molar-refractivity contribution in [3.05, 3.63) is 0 Å². The van der Waals surface area contributed by atoms with Gasteiger partial charge in [0.2, 0.25) is 11.8 Å². The van der Waals surface area contributed by atoms with Gasteiger partial charge in [-0.05, 0) is 0 Å². The molecule has 8 nitrogen and oxygen atoms in total. The molecular formula is C6H13N2O6P. The lowest BCUT2D eigenvalue weighted by Gasteiger charge is -2.16. The van der Waals surface area contributed by atoms with Gasteiger partial charge in [0.1, 0.15) is 6.04 Å². The van der Waals surface area contributed by atoms with Gasteiger partial charge >= 0.3 is 7.82 Å². The second-order valence-electron chi connectivity index (χ2n) is 2.65. The van der Waals surface area contributed by atoms with Crippen LogP contribution in [-0.4, -0.2) is 41.3 Å². The normalized spacial score (nSPS) is 13.1. The summed E-state index contributed by atoms with van der Waals surface area (Å²) in [4.78, 5) is 38.6. The monoisotopic (exact) mass is 240 g/mol. The first-order chi connectivity index (χ1) is 6.76. The van der Waals surface area contributed by atoms with Crippen molar-refractivity contribution in [2.75, 3.05) is 13.7 Å². The van der Waals surface area contributed by atoms with E-state index in [1.165, 1.54) is 14.0 Å². The van der Waals surface area contributed by atoms with Gasteiger partial charge in [-0.1, -0.05) is 0 Å². The molecule has 4 N–H and O–H groups in total. The van der Waals surface area contributed by atoms with Gasteiger partial charge in [0.05, 0.1) is 6.61 Å². The molecule has 0 aliphatic rings. The van der Waals surface area contributed by atoms with Crippen molar-refractivity contribution in [3.63, 3.8) is 0 Å². The Morgan fingerprint density at radius 3 is 2.33 bits per heavy atom. The Balaban J connectivity index is 4.32. The number of nitrogens with one attached hydrogen (secondary N) is 2. The molecule has 0 heterocycles. The highest BCUT2D eigenvalue weighted by atomic mass is 31.2. The first kappa shape index (κ1) is 14.1. The fourth-order valence-corrected chi connectivity index (χ4v) is 1.12. The predicted octanol–water partition coefficient (Wildman–Crippen LogP) is -1.65. The maximum atomic E-state index is 11.1. The minimum Gasteiger partial charge on any atom is -0.357 e. The highest BCUT2D eigenvalue weighted by Crippen LogP contribution is 2.35. The summed E-state index contributed by atoms with van der Waals surface area (Å²) < 4.78 is 14.5. The van der Waals surface area contributed by atoms with Gasteiger partial charge in [0.15, 0.2) is 0 Å². The van der Waals surface area contributed by atoms with E-state index in [9.17, 15) is 14.2 Å². The second-order valence-corrected chi connectivity index (χ2v) is 3.89. The maximum absolute atomic E-state index is 11.1. The van der Waals surface area contributed by atoms with Crippen molar-refractivity contribution >= 4 is 19.6 Å². The van der Waals surface area contributed by atoms with E-state index in [1.54, 1.807) is 0 Å². The van der Waals surface area contributed by atoms with Crippen molar-refractivity contribution in [2.45, 2.75) is 13.0 Å². The molecule has 0 saturated carbocycles. The number of carbonyl (C=O) groups is 2. The molecule has 88 valence electrons. The first-order valence-corrected chi connectivity index (χ1v) is 5.48. The topological polar surface area (TPSA) is 125 Å². The first-order valence-electron chi connectivity index (χ1n) is 3.95. The van der Waals surface area contributed by atoms with E-state index in [2.05, 4.69) is 15.2 Å². The lowest BCUT2D eigenvalue weighted by atomic mass is 10.3. The van der Waals surface area contributed by atoms with Crippen LogP contribution in [0.25, 0.3) is 0 Å². The lowest BCUT2D eigenvalue weighted by molar-refractivity contribution is -0.128. The molecule has 0 aromatic rings. The van der Waals surface area contributed by atoms with Crippen molar-refractivity contribution in [3.8, 4) is 0 Å². The van der Waals surface area contributed by atoms with E-state index >= 15 is 0 Å². The zero-order valence-corrected chi connectivity index (χ0v) is 9.15. The minimum absolute atomic E-state index is 0.502. The summed E-state index contributed by atoms with van der Waals surface area (Å²) in [6.45, 7) is 0.580. The molecule has 0 aromatic heterocycles. The van der Waals surface area contributed by atoms with Crippen molar-refractivity contribution in [2.24, 2.45) is 0 Å². The number of hydrogen-bond acceptors (Lipinski definition) is 4. The number of amides is 2. The Morgan fingerprint density at radius 2 is 2.00 bits per heavy atom. The molecular weight excluding hydrogens is 227 g/mol. The van der Waals surface area contributed by atoms with Gasteiger partial charge in [-0.15, -0.1) is 0 Å². The van der Waals surface area contributed by atoms with E-state index in [-0.39, 0.29) is 0 Å². The van der Waals surface area contributed by atoms with Crippen molar-refractivity contribution < 1.29 is 28.5 Å². The van der Waals surface area contributed by atoms with E-state index in [4.69, 9.17) is 9.79 Å². The highest BCUT2D eigenvalue weighted by molar-refractivity contribution is 7.46. The zero-order valence-electron chi connectivity index (χ0n) is 8.26. The molecule has 0 unspecified atom stereocenters. The summed E-state index contributed by atoms with van der Waals surface area (Å²) in [6, 6.07) is -1.12. The number of rotatable bonds is 5. The third kappa shape index (κ3) is 7.03. The average Bonchev–Trinajstić information content (AvgIpc) is 2.09. The molecule has 0 spiro atoms. The van der Waals surface area contributed by atoms with Crippen LogP contribution in [0.4, 0.5) is 0 Å². The van der Waals surface area contributed by atoms with E-state index in [0.29, 0.717) is 0 Å². The Kier molecular flexibility index (Phi) is 5.45. The molecule has 0 aromatic carbocycles. The predicted molar refractivity (Wildman–Crippen MR) is 49.7 cm³/mol. The Labute approximate surface area is 86.2 Å². The largest absolute Gasteiger partial charge is 0.469 e. The van der Waals surface area contributed by atoms with Gasteiger partial charge in [-0.25, -0.2) is 4.57 Å². The van der Waals surface area contributed by atoms with Gasteiger partial charge in [0.25, 0.3) is 0 Å². The molecule has 0 rings (SSSR count). The Bertz CT molecular complexity index is 287. The molecule has 0 aliphatic carbocycles. The number of phosphoric ester groups is 1. The van der Waals surface area contributed by atoms with Gasteiger partial charge in [-0.2, -0.15) is 0 Å². The van der Waals surface area contributed by atoms with Crippen LogP contribution >= 0.6 is 7.82 Å². The summed E-state index contributed by atoms with van der Waals surface area (Å²) >= 11 is 0.